The zero-order valence-corrected chi connectivity index (χ0v) is 12.7. The Morgan fingerprint density at radius 1 is 1.24 bits per heavy atom. The number of rotatable bonds is 5. The van der Waals surface area contributed by atoms with Crippen LogP contribution in [0, 0.1) is 11.8 Å². The van der Waals surface area contributed by atoms with Crippen LogP contribution in [-0.2, 0) is 25.5 Å². The zero-order chi connectivity index (χ0) is 15.6. The van der Waals surface area contributed by atoms with Crippen molar-refractivity contribution in [1.82, 2.24) is 0 Å². The highest BCUT2D eigenvalue weighted by molar-refractivity contribution is 6.30. The Morgan fingerprint density at radius 3 is 2.43 bits per heavy atom. The van der Waals surface area contributed by atoms with Crippen LogP contribution in [0.15, 0.2) is 24.3 Å². The summed E-state index contributed by atoms with van der Waals surface area (Å²) in [6, 6.07) is 6.74. The fraction of sp³-hybridized carbons (Fsp3) is 0.438. The van der Waals surface area contributed by atoms with Crippen molar-refractivity contribution < 1.29 is 19.1 Å². The van der Waals surface area contributed by atoms with Crippen LogP contribution in [0.5, 0.6) is 0 Å². The number of benzene rings is 1. The second-order valence-corrected chi connectivity index (χ2v) is 6.10. The molecule has 1 aliphatic rings. The molecular weight excluding hydrogens is 292 g/mol. The first-order valence-corrected chi connectivity index (χ1v) is 7.27. The standard InChI is InChI=1S/C16H17ClO4/c1-9(2)7-13-15(19)14(16(20)21-13)12(18)8-10-3-5-11(17)6-4-10/h3-6,9,13-14H,7-8H2,1-2H3. The predicted octanol–water partition coefficient (Wildman–Crippen LogP) is 2.61. The van der Waals surface area contributed by atoms with Crippen LogP contribution in [0.25, 0.3) is 0 Å². The van der Waals surface area contributed by atoms with Gasteiger partial charge in [0.15, 0.2) is 23.6 Å². The van der Waals surface area contributed by atoms with Gasteiger partial charge < -0.3 is 4.74 Å². The van der Waals surface area contributed by atoms with Gasteiger partial charge in [0.25, 0.3) is 0 Å². The maximum Gasteiger partial charge on any atom is 0.325 e. The van der Waals surface area contributed by atoms with E-state index in [1.807, 2.05) is 13.8 Å². The Labute approximate surface area is 128 Å². The molecule has 0 saturated carbocycles. The number of cyclic esters (lactones) is 1. The average Bonchev–Trinajstić information content (AvgIpc) is 2.66. The van der Waals surface area contributed by atoms with E-state index >= 15 is 0 Å². The van der Waals surface area contributed by atoms with E-state index < -0.39 is 29.6 Å². The van der Waals surface area contributed by atoms with Crippen LogP contribution in [0.4, 0.5) is 0 Å². The molecule has 1 saturated heterocycles. The number of ether oxygens (including phenoxy) is 1. The number of ketones is 2. The molecule has 2 atom stereocenters. The van der Waals surface area contributed by atoms with Gasteiger partial charge in [0.1, 0.15) is 0 Å². The lowest BCUT2D eigenvalue weighted by atomic mass is 9.91. The molecule has 1 aromatic carbocycles. The van der Waals surface area contributed by atoms with Crippen LogP contribution in [-0.4, -0.2) is 23.6 Å². The van der Waals surface area contributed by atoms with Gasteiger partial charge in [0.2, 0.25) is 0 Å². The first kappa shape index (κ1) is 15.7. The lowest BCUT2D eigenvalue weighted by Crippen LogP contribution is -2.29. The highest BCUT2D eigenvalue weighted by atomic mass is 35.5. The summed E-state index contributed by atoms with van der Waals surface area (Å²) in [6.45, 7) is 3.87. The third kappa shape index (κ3) is 3.70. The van der Waals surface area contributed by atoms with Crippen molar-refractivity contribution in [2.45, 2.75) is 32.8 Å². The van der Waals surface area contributed by atoms with E-state index in [9.17, 15) is 14.4 Å². The first-order chi connectivity index (χ1) is 9.88. The molecule has 4 nitrogen and oxygen atoms in total. The number of Topliss-reactive ketones (excluding diaryl/α,β-unsaturated/α-hetero) is 2. The van der Waals surface area contributed by atoms with Crippen molar-refractivity contribution in [1.29, 1.82) is 0 Å². The van der Waals surface area contributed by atoms with Crippen molar-refractivity contribution in [3.8, 4) is 0 Å². The van der Waals surface area contributed by atoms with E-state index in [1.165, 1.54) is 0 Å². The molecular formula is C16H17ClO4. The monoisotopic (exact) mass is 308 g/mol. The topological polar surface area (TPSA) is 60.4 Å². The Hall–Kier alpha value is -1.68. The molecule has 2 unspecified atom stereocenters. The van der Waals surface area contributed by atoms with Crippen molar-refractivity contribution in [2.75, 3.05) is 0 Å². The number of halogens is 1. The molecule has 0 N–H and O–H groups in total. The molecule has 1 heterocycles. The van der Waals surface area contributed by atoms with Gasteiger partial charge in [0, 0.05) is 11.4 Å². The van der Waals surface area contributed by atoms with Gasteiger partial charge in [-0.1, -0.05) is 37.6 Å². The largest absolute Gasteiger partial charge is 0.453 e. The lowest BCUT2D eigenvalue weighted by Gasteiger charge is -2.09. The summed E-state index contributed by atoms with van der Waals surface area (Å²) in [4.78, 5) is 36.1. The SMILES string of the molecule is CC(C)CC1OC(=O)C(C(=O)Cc2ccc(Cl)cc2)C1=O. The first-order valence-electron chi connectivity index (χ1n) is 6.90. The van der Waals surface area contributed by atoms with Gasteiger partial charge in [0.05, 0.1) is 0 Å². The highest BCUT2D eigenvalue weighted by Crippen LogP contribution is 2.24. The van der Waals surface area contributed by atoms with E-state index in [4.69, 9.17) is 16.3 Å². The van der Waals surface area contributed by atoms with Gasteiger partial charge >= 0.3 is 5.97 Å². The third-order valence-electron chi connectivity index (χ3n) is 3.40. The van der Waals surface area contributed by atoms with Crippen molar-refractivity contribution in [3.05, 3.63) is 34.9 Å². The summed E-state index contributed by atoms with van der Waals surface area (Å²) >= 11 is 5.78. The molecule has 1 fully saturated rings. The van der Waals surface area contributed by atoms with Crippen LogP contribution >= 0.6 is 11.6 Å². The number of hydrogen-bond donors (Lipinski definition) is 0. The number of hydrogen-bond acceptors (Lipinski definition) is 4. The maximum absolute atomic E-state index is 12.2. The molecule has 0 amide bonds. The third-order valence-corrected chi connectivity index (χ3v) is 3.65. The lowest BCUT2D eigenvalue weighted by molar-refractivity contribution is -0.147. The molecule has 0 aliphatic carbocycles. The van der Waals surface area contributed by atoms with Crippen LogP contribution in [0.2, 0.25) is 5.02 Å². The van der Waals surface area contributed by atoms with E-state index in [0.29, 0.717) is 11.4 Å². The fourth-order valence-corrected chi connectivity index (χ4v) is 2.48. The quantitative estimate of drug-likeness (QED) is 0.619. The molecule has 0 bridgehead atoms. The molecule has 1 aliphatic heterocycles. The molecule has 2 rings (SSSR count). The molecule has 21 heavy (non-hydrogen) atoms. The van der Waals surface area contributed by atoms with Crippen LogP contribution < -0.4 is 0 Å². The summed E-state index contributed by atoms with van der Waals surface area (Å²) in [5, 5.41) is 0.569. The normalized spacial score (nSPS) is 21.7. The minimum atomic E-state index is -1.27. The maximum atomic E-state index is 12.2. The Kier molecular flexibility index (Phi) is 4.78. The van der Waals surface area contributed by atoms with Crippen molar-refractivity contribution >= 4 is 29.1 Å². The predicted molar refractivity (Wildman–Crippen MR) is 78.0 cm³/mol. The van der Waals surface area contributed by atoms with Crippen molar-refractivity contribution in [2.24, 2.45) is 11.8 Å². The van der Waals surface area contributed by atoms with Crippen LogP contribution in [0.1, 0.15) is 25.8 Å². The van der Waals surface area contributed by atoms with E-state index in [-0.39, 0.29) is 12.3 Å². The molecule has 0 aromatic heterocycles. The number of carbonyl (C=O) groups excluding carboxylic acids is 3. The van der Waals surface area contributed by atoms with E-state index in [0.717, 1.165) is 5.56 Å². The van der Waals surface area contributed by atoms with E-state index in [2.05, 4.69) is 0 Å². The van der Waals surface area contributed by atoms with Crippen molar-refractivity contribution in [3.63, 3.8) is 0 Å². The zero-order valence-electron chi connectivity index (χ0n) is 12.0. The Balaban J connectivity index is 2.06. The van der Waals surface area contributed by atoms with Gasteiger partial charge in [-0.2, -0.15) is 0 Å². The number of esters is 1. The second-order valence-electron chi connectivity index (χ2n) is 5.66. The van der Waals surface area contributed by atoms with Gasteiger partial charge in [-0.25, -0.2) is 0 Å². The fourth-order valence-electron chi connectivity index (χ4n) is 2.36. The Morgan fingerprint density at radius 2 is 1.86 bits per heavy atom. The summed E-state index contributed by atoms with van der Waals surface area (Å²) in [5.74, 6) is -2.60. The number of carbonyl (C=O) groups is 3. The van der Waals surface area contributed by atoms with Gasteiger partial charge in [-0.05, 0) is 30.0 Å². The second kappa shape index (κ2) is 6.39. The summed E-state index contributed by atoms with van der Waals surface area (Å²) in [6.07, 6.45) is -0.302. The molecule has 1 aromatic rings. The smallest absolute Gasteiger partial charge is 0.325 e. The van der Waals surface area contributed by atoms with Crippen LogP contribution in [0.3, 0.4) is 0 Å². The molecule has 0 radical (unpaired) electrons. The Bertz CT molecular complexity index is 562. The van der Waals surface area contributed by atoms with Gasteiger partial charge in [-0.15, -0.1) is 0 Å². The molecule has 5 heteroatoms. The molecule has 112 valence electrons. The summed E-state index contributed by atoms with van der Waals surface area (Å²) in [7, 11) is 0. The summed E-state index contributed by atoms with van der Waals surface area (Å²) in [5.41, 5.74) is 0.720. The molecule has 0 spiro atoms. The average molecular weight is 309 g/mol. The minimum Gasteiger partial charge on any atom is -0.453 e. The summed E-state index contributed by atoms with van der Waals surface area (Å²) < 4.78 is 5.04. The van der Waals surface area contributed by atoms with E-state index in [1.54, 1.807) is 24.3 Å². The highest BCUT2D eigenvalue weighted by Gasteiger charge is 2.47. The minimum absolute atomic E-state index is 0.0249. The van der Waals surface area contributed by atoms with Gasteiger partial charge in [-0.3, -0.25) is 14.4 Å².